The van der Waals surface area contributed by atoms with Gasteiger partial charge in [-0.05, 0) is 48.7 Å². The van der Waals surface area contributed by atoms with E-state index in [-0.39, 0.29) is 12.0 Å². The minimum Gasteiger partial charge on any atom is -0.324 e. The van der Waals surface area contributed by atoms with Crippen molar-refractivity contribution in [3.05, 3.63) is 69.5 Å². The molecule has 0 heterocycles. The molecule has 1 nitrogen and oxygen atoms in total. The van der Waals surface area contributed by atoms with Gasteiger partial charge in [-0.15, -0.1) is 0 Å². The van der Waals surface area contributed by atoms with Crippen molar-refractivity contribution < 1.29 is 13.2 Å². The van der Waals surface area contributed by atoms with Crippen molar-refractivity contribution in [2.75, 3.05) is 0 Å². The Bertz CT molecular complexity index is 643. The number of halogens is 4. The lowest BCUT2D eigenvalue weighted by molar-refractivity contribution is 0.549. The van der Waals surface area contributed by atoms with Crippen molar-refractivity contribution in [1.29, 1.82) is 0 Å². The Morgan fingerprint density at radius 1 is 1.10 bits per heavy atom. The van der Waals surface area contributed by atoms with Gasteiger partial charge >= 0.3 is 0 Å². The van der Waals surface area contributed by atoms with Gasteiger partial charge in [-0.1, -0.05) is 11.6 Å². The molecule has 0 spiro atoms. The fourth-order valence-corrected chi connectivity index (χ4v) is 2.21. The molecule has 2 rings (SSSR count). The molecule has 1 atom stereocenters. The first-order chi connectivity index (χ1) is 9.38. The highest BCUT2D eigenvalue weighted by atomic mass is 35.5. The average molecular weight is 300 g/mol. The minimum absolute atomic E-state index is 0.165. The van der Waals surface area contributed by atoms with Crippen LogP contribution < -0.4 is 5.73 Å². The van der Waals surface area contributed by atoms with Crippen LogP contribution >= 0.6 is 11.6 Å². The van der Waals surface area contributed by atoms with Crippen molar-refractivity contribution in [2.24, 2.45) is 5.73 Å². The molecular weight excluding hydrogens is 287 g/mol. The molecule has 20 heavy (non-hydrogen) atoms. The van der Waals surface area contributed by atoms with Crippen LogP contribution in [0, 0.1) is 24.4 Å². The van der Waals surface area contributed by atoms with E-state index in [1.54, 1.807) is 0 Å². The van der Waals surface area contributed by atoms with Gasteiger partial charge in [-0.2, -0.15) is 0 Å². The number of rotatable bonds is 3. The maximum absolute atomic E-state index is 13.7. The smallest absolute Gasteiger partial charge is 0.130 e. The summed E-state index contributed by atoms with van der Waals surface area (Å²) in [5.41, 5.74) is 6.90. The predicted octanol–water partition coefficient (Wildman–Crippen LogP) is 4.31. The molecule has 1 unspecified atom stereocenters. The minimum atomic E-state index is -0.728. The van der Waals surface area contributed by atoms with E-state index >= 15 is 0 Å². The van der Waals surface area contributed by atoms with E-state index in [0.29, 0.717) is 16.1 Å². The highest BCUT2D eigenvalue weighted by Crippen LogP contribution is 2.26. The van der Waals surface area contributed by atoms with Crippen LogP contribution in [0.3, 0.4) is 0 Å². The lowest BCUT2D eigenvalue weighted by atomic mass is 9.97. The Kier molecular flexibility index (Phi) is 4.35. The summed E-state index contributed by atoms with van der Waals surface area (Å²) in [4.78, 5) is 0. The van der Waals surface area contributed by atoms with Gasteiger partial charge in [0.1, 0.15) is 17.5 Å². The van der Waals surface area contributed by atoms with Gasteiger partial charge in [0.2, 0.25) is 0 Å². The van der Waals surface area contributed by atoms with Gasteiger partial charge in [0.15, 0.2) is 0 Å². The van der Waals surface area contributed by atoms with Crippen LogP contribution in [0.4, 0.5) is 13.2 Å². The summed E-state index contributed by atoms with van der Waals surface area (Å²) in [5.74, 6) is -1.78. The highest BCUT2D eigenvalue weighted by Gasteiger charge is 2.16. The Labute approximate surface area is 120 Å². The number of nitrogens with two attached hydrogens (primary N) is 1. The second-order valence-corrected chi connectivity index (χ2v) is 5.08. The van der Waals surface area contributed by atoms with E-state index in [9.17, 15) is 13.2 Å². The van der Waals surface area contributed by atoms with Crippen molar-refractivity contribution in [3.63, 3.8) is 0 Å². The maximum atomic E-state index is 13.7. The second-order valence-electron chi connectivity index (χ2n) is 4.67. The van der Waals surface area contributed by atoms with Crippen LogP contribution in [0.15, 0.2) is 30.3 Å². The molecule has 0 saturated heterocycles. The van der Waals surface area contributed by atoms with E-state index in [0.717, 1.165) is 6.07 Å². The molecule has 0 bridgehead atoms. The summed E-state index contributed by atoms with van der Waals surface area (Å²) < 4.78 is 40.1. The standard InChI is InChI=1S/C15H13ClF3N/c1-8-4-11(14(19)7-13(8)18)15(20)6-9-5-10(17)2-3-12(9)16/h2-5,7,15H,6,20H2,1H3. The monoisotopic (exact) mass is 299 g/mol. The molecule has 0 aliphatic carbocycles. The first-order valence-corrected chi connectivity index (χ1v) is 6.41. The molecule has 2 N–H and O–H groups in total. The number of hydrogen-bond acceptors (Lipinski definition) is 1. The molecule has 0 aromatic heterocycles. The fraction of sp³-hybridized carbons (Fsp3) is 0.200. The molecule has 0 aliphatic rings. The van der Waals surface area contributed by atoms with Gasteiger partial charge in [0, 0.05) is 22.7 Å². The lowest BCUT2D eigenvalue weighted by Crippen LogP contribution is -2.16. The molecular formula is C15H13ClF3N. The normalized spacial score (nSPS) is 12.5. The van der Waals surface area contributed by atoms with Gasteiger partial charge in [-0.3, -0.25) is 0 Å². The van der Waals surface area contributed by atoms with Gasteiger partial charge < -0.3 is 5.73 Å². The third-order valence-corrected chi connectivity index (χ3v) is 3.49. The number of benzene rings is 2. The van der Waals surface area contributed by atoms with Crippen LogP contribution in [0.2, 0.25) is 5.02 Å². The molecule has 0 aliphatic heterocycles. The van der Waals surface area contributed by atoms with Crippen molar-refractivity contribution in [3.8, 4) is 0 Å². The SMILES string of the molecule is Cc1cc(C(N)Cc2cc(F)ccc2Cl)c(F)cc1F. The Morgan fingerprint density at radius 2 is 1.80 bits per heavy atom. The summed E-state index contributed by atoms with van der Waals surface area (Å²) in [6.07, 6.45) is 0.165. The van der Waals surface area contributed by atoms with Crippen LogP contribution in [-0.2, 0) is 6.42 Å². The topological polar surface area (TPSA) is 26.0 Å². The molecule has 2 aromatic rings. The third kappa shape index (κ3) is 3.14. The van der Waals surface area contributed by atoms with E-state index in [4.69, 9.17) is 17.3 Å². The molecule has 2 aromatic carbocycles. The van der Waals surface area contributed by atoms with E-state index in [1.807, 2.05) is 0 Å². The molecule has 5 heteroatoms. The zero-order chi connectivity index (χ0) is 14.9. The zero-order valence-electron chi connectivity index (χ0n) is 10.8. The van der Waals surface area contributed by atoms with Crippen LogP contribution in [-0.4, -0.2) is 0 Å². The number of hydrogen-bond donors (Lipinski definition) is 1. The lowest BCUT2D eigenvalue weighted by Gasteiger charge is -2.15. The van der Waals surface area contributed by atoms with Crippen LogP contribution in [0.25, 0.3) is 0 Å². The first kappa shape index (κ1) is 14.9. The summed E-state index contributed by atoms with van der Waals surface area (Å²) in [5, 5.41) is 0.362. The molecule has 106 valence electrons. The Morgan fingerprint density at radius 3 is 2.50 bits per heavy atom. The van der Waals surface area contributed by atoms with Crippen molar-refractivity contribution in [1.82, 2.24) is 0 Å². The summed E-state index contributed by atoms with van der Waals surface area (Å²) in [6.45, 7) is 1.53. The molecule has 0 radical (unpaired) electrons. The van der Waals surface area contributed by atoms with E-state index < -0.39 is 23.5 Å². The summed E-state index contributed by atoms with van der Waals surface area (Å²) in [6, 6.07) is 5.36. The van der Waals surface area contributed by atoms with Gasteiger partial charge in [0.25, 0.3) is 0 Å². The fourth-order valence-electron chi connectivity index (χ4n) is 2.01. The van der Waals surface area contributed by atoms with Crippen LogP contribution in [0.1, 0.15) is 22.7 Å². The third-order valence-electron chi connectivity index (χ3n) is 3.13. The Balaban J connectivity index is 2.30. The quantitative estimate of drug-likeness (QED) is 0.898. The zero-order valence-corrected chi connectivity index (χ0v) is 11.5. The van der Waals surface area contributed by atoms with Crippen molar-refractivity contribution in [2.45, 2.75) is 19.4 Å². The average Bonchev–Trinajstić information content (AvgIpc) is 2.38. The summed E-state index contributed by atoms with van der Waals surface area (Å²) in [7, 11) is 0. The highest BCUT2D eigenvalue weighted by molar-refractivity contribution is 6.31. The molecule has 0 amide bonds. The maximum Gasteiger partial charge on any atom is 0.130 e. The Hall–Kier alpha value is -1.52. The molecule has 0 fully saturated rings. The summed E-state index contributed by atoms with van der Waals surface area (Å²) >= 11 is 5.95. The predicted molar refractivity (Wildman–Crippen MR) is 73.1 cm³/mol. The second kappa shape index (κ2) is 5.85. The van der Waals surface area contributed by atoms with Gasteiger partial charge in [-0.25, -0.2) is 13.2 Å². The number of aryl methyl sites for hydroxylation is 1. The van der Waals surface area contributed by atoms with Gasteiger partial charge in [0.05, 0.1) is 0 Å². The van der Waals surface area contributed by atoms with Crippen LogP contribution in [0.5, 0.6) is 0 Å². The van der Waals surface area contributed by atoms with Crippen molar-refractivity contribution >= 4 is 11.6 Å². The first-order valence-electron chi connectivity index (χ1n) is 6.03. The largest absolute Gasteiger partial charge is 0.324 e. The molecule has 0 saturated carbocycles. The van der Waals surface area contributed by atoms with E-state index in [1.165, 1.54) is 31.2 Å². The van der Waals surface area contributed by atoms with E-state index in [2.05, 4.69) is 0 Å².